The fourth-order valence-electron chi connectivity index (χ4n) is 1.01. The molecule has 1 N–H and O–H groups in total. The van der Waals surface area contributed by atoms with E-state index in [1.807, 2.05) is 0 Å². The smallest absolute Gasteiger partial charge is 0.267 e. The average Bonchev–Trinajstić information content (AvgIpc) is 2.25. The highest BCUT2D eigenvalue weighted by Crippen LogP contribution is 2.31. The topological polar surface area (TPSA) is 58.6 Å². The van der Waals surface area contributed by atoms with Crippen LogP contribution in [-0.2, 0) is 0 Å². The first kappa shape index (κ1) is 11.1. The van der Waals surface area contributed by atoms with Crippen LogP contribution in [0.4, 0.5) is 4.39 Å². The predicted molar refractivity (Wildman–Crippen MR) is 58.2 cm³/mol. The van der Waals surface area contributed by atoms with Gasteiger partial charge in [-0.3, -0.25) is 9.78 Å². The average molecular weight is 258 g/mol. The van der Waals surface area contributed by atoms with Gasteiger partial charge in [-0.1, -0.05) is 23.4 Å². The Balaban J connectivity index is 2.34. The number of hydrogen-bond donors (Lipinski definition) is 1. The highest BCUT2D eigenvalue weighted by atomic mass is 35.5. The van der Waals surface area contributed by atoms with Crippen molar-refractivity contribution in [3.8, 4) is 0 Å². The van der Waals surface area contributed by atoms with Gasteiger partial charge >= 0.3 is 0 Å². The molecule has 2 aromatic heterocycles. The fraction of sp³-hybridized carbons (Fsp3) is 0. The van der Waals surface area contributed by atoms with E-state index >= 15 is 0 Å². The molecule has 82 valence electrons. The number of nitrogens with zero attached hydrogens (tertiary/aromatic N) is 2. The molecular formula is C9H5ClFN3OS. The van der Waals surface area contributed by atoms with Gasteiger partial charge in [0.2, 0.25) is 5.95 Å². The molecule has 0 aliphatic heterocycles. The van der Waals surface area contributed by atoms with Crippen LogP contribution in [0, 0.1) is 5.95 Å². The van der Waals surface area contributed by atoms with E-state index in [0.29, 0.717) is 9.92 Å². The van der Waals surface area contributed by atoms with Gasteiger partial charge in [0.05, 0.1) is 17.4 Å². The lowest BCUT2D eigenvalue weighted by atomic mass is 10.5. The molecule has 0 spiro atoms. The van der Waals surface area contributed by atoms with Gasteiger partial charge in [0.1, 0.15) is 5.02 Å². The van der Waals surface area contributed by atoms with Gasteiger partial charge in [0.15, 0.2) is 0 Å². The molecular weight excluding hydrogens is 253 g/mol. The Labute approximate surface area is 98.9 Å². The Hall–Kier alpha value is -1.40. The lowest BCUT2D eigenvalue weighted by Crippen LogP contribution is -2.05. The third-order valence-electron chi connectivity index (χ3n) is 1.66. The number of H-pyrrole nitrogens is 1. The standard InChI is InChI=1S/C9H5ClFN3OS/c10-8-5(1-2-13-9(8)11)16-7-4-12-3-6(15)14-7/h1-4H,(H,14,15). The van der Waals surface area contributed by atoms with Crippen LogP contribution in [0.15, 0.2) is 39.4 Å². The third kappa shape index (κ3) is 2.40. The number of aromatic amines is 1. The third-order valence-corrected chi connectivity index (χ3v) is 3.12. The quantitative estimate of drug-likeness (QED) is 0.837. The number of halogens is 2. The van der Waals surface area contributed by atoms with Gasteiger partial charge in [0.25, 0.3) is 5.56 Å². The fourth-order valence-corrected chi connectivity index (χ4v) is 2.04. The summed E-state index contributed by atoms with van der Waals surface area (Å²) in [6.07, 6.45) is 3.91. The van der Waals surface area contributed by atoms with Gasteiger partial charge in [0, 0.05) is 11.1 Å². The number of pyridine rings is 1. The first-order valence-electron chi connectivity index (χ1n) is 4.19. The largest absolute Gasteiger partial charge is 0.314 e. The van der Waals surface area contributed by atoms with Gasteiger partial charge in [-0.15, -0.1) is 0 Å². The Bertz CT molecular complexity index is 575. The second kappa shape index (κ2) is 4.63. The molecule has 2 heterocycles. The van der Waals surface area contributed by atoms with E-state index in [1.165, 1.54) is 12.4 Å². The summed E-state index contributed by atoms with van der Waals surface area (Å²) in [5.74, 6) is -0.738. The van der Waals surface area contributed by atoms with Gasteiger partial charge in [-0.05, 0) is 6.07 Å². The lowest BCUT2D eigenvalue weighted by molar-refractivity contribution is 0.580. The van der Waals surface area contributed by atoms with Crippen molar-refractivity contribution >= 4 is 23.4 Å². The normalized spacial score (nSPS) is 10.4. The van der Waals surface area contributed by atoms with E-state index in [-0.39, 0.29) is 10.6 Å². The molecule has 2 aromatic rings. The van der Waals surface area contributed by atoms with Crippen LogP contribution >= 0.6 is 23.4 Å². The minimum atomic E-state index is -0.738. The molecule has 0 saturated heterocycles. The number of rotatable bonds is 2. The van der Waals surface area contributed by atoms with Crippen LogP contribution in [0.5, 0.6) is 0 Å². The molecule has 4 nitrogen and oxygen atoms in total. The zero-order valence-corrected chi connectivity index (χ0v) is 9.35. The predicted octanol–water partition coefficient (Wildman–Crippen LogP) is 2.11. The van der Waals surface area contributed by atoms with Crippen molar-refractivity contribution in [2.45, 2.75) is 9.92 Å². The molecule has 0 aliphatic carbocycles. The van der Waals surface area contributed by atoms with E-state index in [1.54, 1.807) is 6.07 Å². The molecule has 16 heavy (non-hydrogen) atoms. The van der Waals surface area contributed by atoms with Crippen molar-refractivity contribution in [2.75, 3.05) is 0 Å². The summed E-state index contributed by atoms with van der Waals surface area (Å²) in [5, 5.41) is 0.414. The molecule has 2 rings (SSSR count). The minimum Gasteiger partial charge on any atom is -0.314 e. The van der Waals surface area contributed by atoms with Crippen LogP contribution in [-0.4, -0.2) is 15.0 Å². The minimum absolute atomic E-state index is 0.0720. The zero-order chi connectivity index (χ0) is 11.5. The highest BCUT2D eigenvalue weighted by Gasteiger charge is 2.08. The summed E-state index contributed by atoms with van der Waals surface area (Å²) in [6.45, 7) is 0. The van der Waals surface area contributed by atoms with Crippen LogP contribution < -0.4 is 5.56 Å². The molecule has 0 amide bonds. The first-order valence-corrected chi connectivity index (χ1v) is 5.38. The summed E-state index contributed by atoms with van der Waals surface area (Å²) >= 11 is 6.82. The van der Waals surface area contributed by atoms with E-state index in [0.717, 1.165) is 18.0 Å². The van der Waals surface area contributed by atoms with Crippen molar-refractivity contribution in [1.29, 1.82) is 0 Å². The van der Waals surface area contributed by atoms with E-state index in [2.05, 4.69) is 15.0 Å². The highest BCUT2D eigenvalue weighted by molar-refractivity contribution is 7.99. The Morgan fingerprint density at radius 1 is 1.44 bits per heavy atom. The number of nitrogens with one attached hydrogen (secondary N) is 1. The Morgan fingerprint density at radius 3 is 3.00 bits per heavy atom. The van der Waals surface area contributed by atoms with Gasteiger partial charge in [-0.25, -0.2) is 4.98 Å². The molecule has 0 radical (unpaired) electrons. The monoisotopic (exact) mass is 257 g/mol. The summed E-state index contributed by atoms with van der Waals surface area (Å²) < 4.78 is 13.0. The molecule has 0 unspecified atom stereocenters. The van der Waals surface area contributed by atoms with Crippen LogP contribution in [0.3, 0.4) is 0 Å². The lowest BCUT2D eigenvalue weighted by Gasteiger charge is -2.02. The summed E-state index contributed by atoms with van der Waals surface area (Å²) in [7, 11) is 0. The van der Waals surface area contributed by atoms with E-state index in [9.17, 15) is 9.18 Å². The molecule has 0 saturated carbocycles. The molecule has 0 aromatic carbocycles. The van der Waals surface area contributed by atoms with Crippen LogP contribution in [0.25, 0.3) is 0 Å². The maximum atomic E-state index is 13.0. The SMILES string of the molecule is O=c1cncc(Sc2ccnc(F)c2Cl)[nH]1. The van der Waals surface area contributed by atoms with Crippen LogP contribution in [0.2, 0.25) is 5.02 Å². The van der Waals surface area contributed by atoms with Gasteiger partial charge < -0.3 is 4.98 Å². The first-order chi connectivity index (χ1) is 7.66. The van der Waals surface area contributed by atoms with E-state index < -0.39 is 5.95 Å². The van der Waals surface area contributed by atoms with Gasteiger partial charge in [-0.2, -0.15) is 4.39 Å². The maximum absolute atomic E-state index is 13.0. The second-order valence-corrected chi connectivity index (χ2v) is 4.24. The Kier molecular flexibility index (Phi) is 3.21. The van der Waals surface area contributed by atoms with Crippen molar-refractivity contribution in [3.63, 3.8) is 0 Å². The van der Waals surface area contributed by atoms with Crippen LogP contribution in [0.1, 0.15) is 0 Å². The van der Waals surface area contributed by atoms with Crippen molar-refractivity contribution in [2.24, 2.45) is 0 Å². The summed E-state index contributed by atoms with van der Waals surface area (Å²) in [6, 6.07) is 1.56. The second-order valence-electron chi connectivity index (χ2n) is 2.78. The number of aromatic nitrogens is 3. The molecule has 0 aliphatic rings. The summed E-state index contributed by atoms with van der Waals surface area (Å²) in [4.78, 5) is 21.1. The molecule has 0 atom stereocenters. The maximum Gasteiger partial charge on any atom is 0.267 e. The Morgan fingerprint density at radius 2 is 2.25 bits per heavy atom. The molecule has 0 bridgehead atoms. The van der Waals surface area contributed by atoms with Crippen molar-refractivity contribution < 1.29 is 4.39 Å². The number of hydrogen-bond acceptors (Lipinski definition) is 4. The zero-order valence-electron chi connectivity index (χ0n) is 7.78. The summed E-state index contributed by atoms with van der Waals surface area (Å²) in [5.41, 5.74) is -0.323. The molecule has 7 heteroatoms. The molecule has 0 fully saturated rings. The van der Waals surface area contributed by atoms with Crippen molar-refractivity contribution in [3.05, 3.63) is 46.0 Å². The van der Waals surface area contributed by atoms with E-state index in [4.69, 9.17) is 11.6 Å². The van der Waals surface area contributed by atoms with Crippen molar-refractivity contribution in [1.82, 2.24) is 15.0 Å².